The van der Waals surface area contributed by atoms with Gasteiger partial charge < -0.3 is 0 Å². The number of aldehydes is 1. The van der Waals surface area contributed by atoms with Gasteiger partial charge in [0.15, 0.2) is 0 Å². The Morgan fingerprint density at radius 3 is 3.00 bits per heavy atom. The van der Waals surface area contributed by atoms with Crippen LogP contribution in [-0.2, 0) is 0 Å². The Hall–Kier alpha value is -1.70. The number of nitrogens with zero attached hydrogens (tertiary/aromatic N) is 1. The van der Waals surface area contributed by atoms with Crippen LogP contribution in [0.5, 0.6) is 0 Å². The lowest BCUT2D eigenvalue weighted by Crippen LogP contribution is -2.31. The van der Waals surface area contributed by atoms with Crippen molar-refractivity contribution in [1.82, 2.24) is 0 Å². The van der Waals surface area contributed by atoms with Crippen molar-refractivity contribution in [3.05, 3.63) is 40.4 Å². The SMILES string of the molecule is C=Cc1cc(C=O)cc2c1=CCCN=2. The number of benzene rings is 1. The Labute approximate surface area is 82.3 Å². The van der Waals surface area contributed by atoms with E-state index in [-0.39, 0.29) is 0 Å². The lowest BCUT2D eigenvalue weighted by molar-refractivity contribution is 0.112. The Balaban J connectivity index is 2.84. The summed E-state index contributed by atoms with van der Waals surface area (Å²) in [5, 5.41) is 2.02. The summed E-state index contributed by atoms with van der Waals surface area (Å²) in [7, 11) is 0. The van der Waals surface area contributed by atoms with E-state index < -0.39 is 0 Å². The molecule has 0 unspecified atom stereocenters. The molecular formula is C12H11NO. The van der Waals surface area contributed by atoms with E-state index in [2.05, 4.69) is 17.6 Å². The van der Waals surface area contributed by atoms with Crippen molar-refractivity contribution in [3.63, 3.8) is 0 Å². The third kappa shape index (κ3) is 1.39. The molecule has 2 heteroatoms. The smallest absolute Gasteiger partial charge is 0.150 e. The summed E-state index contributed by atoms with van der Waals surface area (Å²) in [4.78, 5) is 15.0. The van der Waals surface area contributed by atoms with Crippen LogP contribution in [0.15, 0.2) is 23.7 Å². The fourth-order valence-electron chi connectivity index (χ4n) is 1.67. The first-order chi connectivity index (χ1) is 6.85. The van der Waals surface area contributed by atoms with Gasteiger partial charge in [-0.2, -0.15) is 0 Å². The summed E-state index contributed by atoms with van der Waals surface area (Å²) in [6.07, 6.45) is 5.72. The maximum absolute atomic E-state index is 10.7. The molecule has 0 spiro atoms. The first-order valence-corrected chi connectivity index (χ1v) is 4.61. The first kappa shape index (κ1) is 8.88. The molecule has 0 saturated carbocycles. The minimum atomic E-state index is 0.665. The molecule has 0 atom stereocenters. The average Bonchev–Trinajstić information content (AvgIpc) is 2.27. The van der Waals surface area contributed by atoms with Crippen molar-refractivity contribution in [2.24, 2.45) is 4.99 Å². The van der Waals surface area contributed by atoms with Gasteiger partial charge in [-0.3, -0.25) is 9.79 Å². The van der Waals surface area contributed by atoms with Gasteiger partial charge >= 0.3 is 0 Å². The standard InChI is InChI=1S/C12H11NO/c1-2-10-6-9(8-14)7-12-11(10)4-3-5-13-12/h2,4,6-8H,1,3,5H2. The van der Waals surface area contributed by atoms with Crippen LogP contribution in [0.4, 0.5) is 0 Å². The van der Waals surface area contributed by atoms with Crippen LogP contribution in [0.25, 0.3) is 12.2 Å². The second-order valence-corrected chi connectivity index (χ2v) is 3.24. The highest BCUT2D eigenvalue weighted by atomic mass is 16.1. The Kier molecular flexibility index (Phi) is 2.27. The van der Waals surface area contributed by atoms with Gasteiger partial charge in [0.2, 0.25) is 0 Å². The molecule has 2 nitrogen and oxygen atoms in total. The summed E-state index contributed by atoms with van der Waals surface area (Å²) in [6, 6.07) is 3.67. The second kappa shape index (κ2) is 3.58. The molecule has 1 aliphatic heterocycles. The molecule has 0 aliphatic carbocycles. The first-order valence-electron chi connectivity index (χ1n) is 4.61. The number of rotatable bonds is 2. The number of carbonyl (C=O) groups is 1. The molecule has 1 aliphatic rings. The molecule has 0 aromatic heterocycles. The quantitative estimate of drug-likeness (QED) is 0.631. The Morgan fingerprint density at radius 2 is 2.29 bits per heavy atom. The van der Waals surface area contributed by atoms with E-state index in [1.807, 2.05) is 12.1 Å². The molecule has 0 bridgehead atoms. The number of carbonyl (C=O) groups excluding carboxylic acids is 1. The zero-order valence-electron chi connectivity index (χ0n) is 7.86. The van der Waals surface area contributed by atoms with Crippen LogP contribution in [0.2, 0.25) is 0 Å². The van der Waals surface area contributed by atoms with Crippen molar-refractivity contribution < 1.29 is 4.79 Å². The van der Waals surface area contributed by atoms with Gasteiger partial charge in [0.25, 0.3) is 0 Å². The fourth-order valence-corrected chi connectivity index (χ4v) is 1.67. The summed E-state index contributed by atoms with van der Waals surface area (Å²) in [5.41, 5.74) is 1.66. The van der Waals surface area contributed by atoms with Crippen molar-refractivity contribution in [1.29, 1.82) is 0 Å². The maximum atomic E-state index is 10.7. The van der Waals surface area contributed by atoms with E-state index >= 15 is 0 Å². The molecule has 70 valence electrons. The predicted octanol–water partition coefficient (Wildman–Crippen LogP) is 0.946. The average molecular weight is 185 g/mol. The normalized spacial score (nSPS) is 13.4. The number of hydrogen-bond donors (Lipinski definition) is 0. The van der Waals surface area contributed by atoms with Gasteiger partial charge in [-0.1, -0.05) is 18.7 Å². The molecule has 1 aromatic rings. The maximum Gasteiger partial charge on any atom is 0.150 e. The molecule has 0 fully saturated rings. The Morgan fingerprint density at radius 1 is 1.43 bits per heavy atom. The number of fused-ring (bicyclic) bond motifs is 1. The molecule has 14 heavy (non-hydrogen) atoms. The summed E-state index contributed by atoms with van der Waals surface area (Å²) in [5.74, 6) is 0. The van der Waals surface area contributed by atoms with E-state index in [9.17, 15) is 4.79 Å². The molecule has 2 rings (SSSR count). The molecule has 0 N–H and O–H groups in total. The fraction of sp³-hybridized carbons (Fsp3) is 0.167. The molecule has 0 amide bonds. The van der Waals surface area contributed by atoms with Gasteiger partial charge in [-0.05, 0) is 24.1 Å². The van der Waals surface area contributed by atoms with Gasteiger partial charge in [0.1, 0.15) is 6.29 Å². The van der Waals surface area contributed by atoms with Crippen LogP contribution < -0.4 is 10.6 Å². The second-order valence-electron chi connectivity index (χ2n) is 3.24. The molecule has 1 aromatic carbocycles. The van der Waals surface area contributed by atoms with E-state index in [1.54, 1.807) is 6.08 Å². The van der Waals surface area contributed by atoms with Crippen LogP contribution in [-0.4, -0.2) is 12.8 Å². The van der Waals surface area contributed by atoms with Crippen LogP contribution >= 0.6 is 0 Å². The van der Waals surface area contributed by atoms with Gasteiger partial charge in [0, 0.05) is 17.3 Å². The van der Waals surface area contributed by atoms with E-state index in [4.69, 9.17) is 0 Å². The lowest BCUT2D eigenvalue weighted by atomic mass is 10.1. The highest BCUT2D eigenvalue weighted by Crippen LogP contribution is 1.99. The summed E-state index contributed by atoms with van der Waals surface area (Å²) in [6.45, 7) is 4.55. The van der Waals surface area contributed by atoms with E-state index in [0.717, 1.165) is 35.4 Å². The van der Waals surface area contributed by atoms with Crippen molar-refractivity contribution in [2.45, 2.75) is 6.42 Å². The van der Waals surface area contributed by atoms with Crippen molar-refractivity contribution in [3.8, 4) is 0 Å². The Bertz CT molecular complexity index is 500. The molecule has 0 saturated heterocycles. The topological polar surface area (TPSA) is 29.4 Å². The third-order valence-corrected chi connectivity index (χ3v) is 2.33. The van der Waals surface area contributed by atoms with Crippen LogP contribution in [0, 0.1) is 0 Å². The molecule has 0 radical (unpaired) electrons. The highest BCUT2D eigenvalue weighted by Gasteiger charge is 2.01. The summed E-state index contributed by atoms with van der Waals surface area (Å²) < 4.78 is 0. The zero-order valence-corrected chi connectivity index (χ0v) is 7.86. The highest BCUT2D eigenvalue weighted by molar-refractivity contribution is 5.76. The predicted molar refractivity (Wildman–Crippen MR) is 56.7 cm³/mol. The molecule has 1 heterocycles. The van der Waals surface area contributed by atoms with E-state index in [0.29, 0.717) is 5.56 Å². The van der Waals surface area contributed by atoms with Crippen molar-refractivity contribution in [2.75, 3.05) is 6.54 Å². The minimum absolute atomic E-state index is 0.665. The van der Waals surface area contributed by atoms with Crippen LogP contribution in [0.1, 0.15) is 22.3 Å². The van der Waals surface area contributed by atoms with Gasteiger partial charge in [0.05, 0.1) is 5.36 Å². The van der Waals surface area contributed by atoms with Crippen LogP contribution in [0.3, 0.4) is 0 Å². The van der Waals surface area contributed by atoms with Crippen molar-refractivity contribution >= 4 is 18.4 Å². The van der Waals surface area contributed by atoms with Gasteiger partial charge in [-0.25, -0.2) is 0 Å². The monoisotopic (exact) mass is 185 g/mol. The molecular weight excluding hydrogens is 174 g/mol. The van der Waals surface area contributed by atoms with Gasteiger partial charge in [-0.15, -0.1) is 0 Å². The zero-order chi connectivity index (χ0) is 9.97. The van der Waals surface area contributed by atoms with E-state index in [1.165, 1.54) is 0 Å². The summed E-state index contributed by atoms with van der Waals surface area (Å²) >= 11 is 0. The minimum Gasteiger partial charge on any atom is -0.298 e. The largest absolute Gasteiger partial charge is 0.298 e. The number of hydrogen-bond acceptors (Lipinski definition) is 2. The lowest BCUT2D eigenvalue weighted by Gasteiger charge is -2.03. The third-order valence-electron chi connectivity index (χ3n) is 2.33.